The van der Waals surface area contributed by atoms with Gasteiger partial charge in [0.25, 0.3) is 0 Å². The molecule has 0 atom stereocenters. The summed E-state index contributed by atoms with van der Waals surface area (Å²) in [4.78, 5) is 2.20. The number of ether oxygens (including phenoxy) is 1. The highest BCUT2D eigenvalue weighted by Crippen LogP contribution is 2.22. The van der Waals surface area contributed by atoms with Gasteiger partial charge in [0.05, 0.1) is 13.2 Å². The van der Waals surface area contributed by atoms with Gasteiger partial charge in [-0.2, -0.15) is 0 Å². The van der Waals surface area contributed by atoms with E-state index in [9.17, 15) is 0 Å². The molecule has 0 unspecified atom stereocenters. The van der Waals surface area contributed by atoms with Crippen LogP contribution in [0.25, 0.3) is 0 Å². The third-order valence-corrected chi connectivity index (χ3v) is 3.25. The van der Waals surface area contributed by atoms with Crippen LogP contribution in [0.4, 0.5) is 0 Å². The van der Waals surface area contributed by atoms with Gasteiger partial charge < -0.3 is 9.84 Å². The second kappa shape index (κ2) is 7.63. The number of aliphatic hydroxyl groups excluding tert-OH is 1. The van der Waals surface area contributed by atoms with Crippen LogP contribution in [0.3, 0.4) is 0 Å². The Morgan fingerprint density at radius 3 is 2.21 bits per heavy atom. The zero-order valence-corrected chi connectivity index (χ0v) is 12.6. The van der Waals surface area contributed by atoms with Gasteiger partial charge >= 0.3 is 0 Å². The number of benzene rings is 1. The van der Waals surface area contributed by atoms with E-state index in [0.29, 0.717) is 13.2 Å². The van der Waals surface area contributed by atoms with Crippen LogP contribution in [0, 0.1) is 0 Å². The Labute approximate surface area is 117 Å². The van der Waals surface area contributed by atoms with Gasteiger partial charge in [-0.3, -0.25) is 4.90 Å². The van der Waals surface area contributed by atoms with Crippen molar-refractivity contribution in [3.63, 3.8) is 0 Å². The van der Waals surface area contributed by atoms with Gasteiger partial charge in [0, 0.05) is 26.7 Å². The molecule has 1 N–H and O–H groups in total. The Hall–Kier alpha value is -0.900. The molecule has 0 fully saturated rings. The van der Waals surface area contributed by atoms with E-state index in [1.807, 2.05) is 0 Å². The average molecular weight is 265 g/mol. The van der Waals surface area contributed by atoms with Crippen molar-refractivity contribution in [2.24, 2.45) is 0 Å². The quantitative estimate of drug-likeness (QED) is 0.822. The molecule has 1 rings (SSSR count). The molecule has 108 valence electrons. The van der Waals surface area contributed by atoms with Crippen molar-refractivity contribution in [3.8, 4) is 0 Å². The Bertz CT molecular complexity index is 354. The Morgan fingerprint density at radius 1 is 1.11 bits per heavy atom. The summed E-state index contributed by atoms with van der Waals surface area (Å²) >= 11 is 0. The molecule has 1 aromatic carbocycles. The van der Waals surface area contributed by atoms with E-state index in [-0.39, 0.29) is 12.0 Å². The van der Waals surface area contributed by atoms with E-state index < -0.39 is 0 Å². The molecule has 0 spiro atoms. The van der Waals surface area contributed by atoms with E-state index in [2.05, 4.69) is 49.9 Å². The molecule has 3 heteroatoms. The maximum atomic E-state index is 9.08. The Kier molecular flexibility index (Phi) is 6.49. The van der Waals surface area contributed by atoms with Gasteiger partial charge in [-0.15, -0.1) is 0 Å². The first-order valence-corrected chi connectivity index (χ1v) is 6.89. The van der Waals surface area contributed by atoms with Gasteiger partial charge in [-0.05, 0) is 16.5 Å². The molecular formula is C16H27NO2. The molecule has 0 saturated heterocycles. The normalized spacial score (nSPS) is 12.1. The Balaban J connectivity index is 2.64. The minimum atomic E-state index is 0.184. The average Bonchev–Trinajstić information content (AvgIpc) is 2.36. The molecule has 0 bridgehead atoms. The van der Waals surface area contributed by atoms with Crippen molar-refractivity contribution in [2.45, 2.75) is 32.7 Å². The second-order valence-corrected chi connectivity index (χ2v) is 5.94. The lowest BCUT2D eigenvalue weighted by atomic mass is 9.87. The van der Waals surface area contributed by atoms with E-state index in [0.717, 1.165) is 13.1 Å². The van der Waals surface area contributed by atoms with Gasteiger partial charge in [0.1, 0.15) is 0 Å². The lowest BCUT2D eigenvalue weighted by molar-refractivity contribution is 0.127. The zero-order valence-electron chi connectivity index (χ0n) is 12.6. The Morgan fingerprint density at radius 2 is 1.74 bits per heavy atom. The molecule has 0 saturated carbocycles. The smallest absolute Gasteiger partial charge is 0.0589 e. The standard InChI is InChI=1S/C16H27NO2/c1-16(2,3)15-7-5-14(6-8-15)13-17(9-11-18)10-12-19-4/h5-8,18H,9-13H2,1-4H3. The minimum absolute atomic E-state index is 0.184. The van der Waals surface area contributed by atoms with Crippen molar-refractivity contribution in [3.05, 3.63) is 35.4 Å². The fraction of sp³-hybridized carbons (Fsp3) is 0.625. The summed E-state index contributed by atoms with van der Waals surface area (Å²) in [7, 11) is 1.70. The fourth-order valence-electron chi connectivity index (χ4n) is 2.00. The van der Waals surface area contributed by atoms with Gasteiger partial charge in [-0.25, -0.2) is 0 Å². The van der Waals surface area contributed by atoms with Crippen molar-refractivity contribution < 1.29 is 9.84 Å². The highest BCUT2D eigenvalue weighted by molar-refractivity contribution is 5.27. The molecule has 0 heterocycles. The van der Waals surface area contributed by atoms with Crippen LogP contribution < -0.4 is 0 Å². The molecule has 0 amide bonds. The fourth-order valence-corrected chi connectivity index (χ4v) is 2.00. The highest BCUT2D eigenvalue weighted by Gasteiger charge is 2.13. The third-order valence-electron chi connectivity index (χ3n) is 3.25. The summed E-state index contributed by atoms with van der Waals surface area (Å²) in [6.07, 6.45) is 0. The van der Waals surface area contributed by atoms with Gasteiger partial charge in [0.2, 0.25) is 0 Å². The van der Waals surface area contributed by atoms with Crippen molar-refractivity contribution >= 4 is 0 Å². The minimum Gasteiger partial charge on any atom is -0.395 e. The van der Waals surface area contributed by atoms with Crippen molar-refractivity contribution in [1.82, 2.24) is 4.90 Å². The summed E-state index contributed by atoms with van der Waals surface area (Å²) in [5, 5.41) is 9.08. The summed E-state index contributed by atoms with van der Waals surface area (Å²) in [5.41, 5.74) is 2.82. The molecule has 3 nitrogen and oxygen atoms in total. The highest BCUT2D eigenvalue weighted by atomic mass is 16.5. The van der Waals surface area contributed by atoms with Gasteiger partial charge in [0.15, 0.2) is 0 Å². The summed E-state index contributed by atoms with van der Waals surface area (Å²) in [6, 6.07) is 8.75. The lowest BCUT2D eigenvalue weighted by Gasteiger charge is -2.22. The molecule has 0 aliphatic carbocycles. The first kappa shape index (κ1) is 16.2. The van der Waals surface area contributed by atoms with Crippen LogP contribution in [0.2, 0.25) is 0 Å². The first-order chi connectivity index (χ1) is 8.97. The topological polar surface area (TPSA) is 32.7 Å². The van der Waals surface area contributed by atoms with Crippen LogP contribution >= 0.6 is 0 Å². The number of aliphatic hydroxyl groups is 1. The maximum Gasteiger partial charge on any atom is 0.0589 e. The number of hydrogen-bond donors (Lipinski definition) is 1. The predicted molar refractivity (Wildman–Crippen MR) is 79.4 cm³/mol. The number of hydrogen-bond acceptors (Lipinski definition) is 3. The predicted octanol–water partition coefficient (Wildman–Crippen LogP) is 2.42. The molecule has 19 heavy (non-hydrogen) atoms. The second-order valence-electron chi connectivity index (χ2n) is 5.94. The van der Waals surface area contributed by atoms with Crippen LogP contribution in [0.1, 0.15) is 31.9 Å². The van der Waals surface area contributed by atoms with Crippen LogP contribution in [-0.2, 0) is 16.7 Å². The van der Waals surface area contributed by atoms with E-state index in [1.54, 1.807) is 7.11 Å². The maximum absolute atomic E-state index is 9.08. The number of rotatable bonds is 7. The van der Waals surface area contributed by atoms with Crippen LogP contribution in [0.5, 0.6) is 0 Å². The van der Waals surface area contributed by atoms with Crippen LogP contribution in [0.15, 0.2) is 24.3 Å². The van der Waals surface area contributed by atoms with E-state index in [1.165, 1.54) is 11.1 Å². The summed E-state index contributed by atoms with van der Waals surface area (Å²) < 4.78 is 5.10. The zero-order chi connectivity index (χ0) is 14.3. The number of methoxy groups -OCH3 is 1. The van der Waals surface area contributed by atoms with E-state index in [4.69, 9.17) is 9.84 Å². The summed E-state index contributed by atoms with van der Waals surface area (Å²) in [6.45, 7) is 9.93. The molecule has 1 aromatic rings. The first-order valence-electron chi connectivity index (χ1n) is 6.89. The molecule has 0 radical (unpaired) electrons. The summed E-state index contributed by atoms with van der Waals surface area (Å²) in [5.74, 6) is 0. The van der Waals surface area contributed by atoms with Crippen molar-refractivity contribution in [2.75, 3.05) is 33.4 Å². The molecule has 0 aromatic heterocycles. The molecule has 0 aliphatic rings. The SMILES string of the molecule is COCCN(CCO)Cc1ccc(C(C)(C)C)cc1. The largest absolute Gasteiger partial charge is 0.395 e. The molecular weight excluding hydrogens is 238 g/mol. The van der Waals surface area contributed by atoms with Crippen LogP contribution in [-0.4, -0.2) is 43.4 Å². The van der Waals surface area contributed by atoms with Crippen molar-refractivity contribution in [1.29, 1.82) is 0 Å². The lowest BCUT2D eigenvalue weighted by Crippen LogP contribution is -2.29. The number of nitrogens with zero attached hydrogens (tertiary/aromatic N) is 1. The van der Waals surface area contributed by atoms with Gasteiger partial charge in [-0.1, -0.05) is 45.0 Å². The third kappa shape index (κ3) is 5.72. The molecule has 0 aliphatic heterocycles. The monoisotopic (exact) mass is 265 g/mol. The van der Waals surface area contributed by atoms with E-state index >= 15 is 0 Å².